The van der Waals surface area contributed by atoms with E-state index in [4.69, 9.17) is 10.5 Å². The molecule has 3 N–H and O–H groups in total. The van der Waals surface area contributed by atoms with Crippen molar-refractivity contribution in [1.29, 1.82) is 0 Å². The second-order valence-corrected chi connectivity index (χ2v) is 8.27. The van der Waals surface area contributed by atoms with Crippen molar-refractivity contribution >= 4 is 23.5 Å². The third-order valence-electron chi connectivity index (χ3n) is 5.98. The second kappa shape index (κ2) is 10.4. The molecule has 2 unspecified atom stereocenters. The molecule has 30 heavy (non-hydrogen) atoms. The Morgan fingerprint density at radius 1 is 1.17 bits per heavy atom. The molecule has 0 spiro atoms. The normalized spacial score (nSPS) is 23.1. The smallest absolute Gasteiger partial charge is 0.347 e. The molecule has 1 aromatic rings. The molecule has 3 amide bonds. The number of rotatable bonds is 5. The van der Waals surface area contributed by atoms with Crippen LogP contribution in [0.15, 0.2) is 29.3 Å². The first-order valence-electron chi connectivity index (χ1n) is 10.7. The molecule has 8 nitrogen and oxygen atoms in total. The van der Waals surface area contributed by atoms with Crippen molar-refractivity contribution < 1.29 is 14.3 Å². The van der Waals surface area contributed by atoms with E-state index >= 15 is 0 Å². The van der Waals surface area contributed by atoms with E-state index < -0.39 is 6.03 Å². The summed E-state index contributed by atoms with van der Waals surface area (Å²) in [6, 6.07) is 6.62. The summed E-state index contributed by atoms with van der Waals surface area (Å²) in [5, 5.41) is 2.74. The molecule has 2 aliphatic heterocycles. The van der Waals surface area contributed by atoms with Gasteiger partial charge in [0.2, 0.25) is 5.91 Å². The van der Waals surface area contributed by atoms with Crippen LogP contribution in [0, 0.1) is 11.8 Å². The molecule has 2 saturated heterocycles. The predicted molar refractivity (Wildman–Crippen MR) is 118 cm³/mol. The number of piperidine rings is 2. The van der Waals surface area contributed by atoms with Crippen LogP contribution in [-0.2, 0) is 4.79 Å². The van der Waals surface area contributed by atoms with Gasteiger partial charge < -0.3 is 25.6 Å². The molecule has 0 aliphatic carbocycles. The van der Waals surface area contributed by atoms with Gasteiger partial charge in [0.1, 0.15) is 11.6 Å². The maximum absolute atomic E-state index is 12.3. The lowest BCUT2D eigenvalue weighted by Crippen LogP contribution is -2.47. The van der Waals surface area contributed by atoms with Gasteiger partial charge in [-0.2, -0.15) is 4.99 Å². The minimum absolute atomic E-state index is 0.0767. The number of nitrogens with one attached hydrogen (secondary N) is 1. The number of methoxy groups -OCH3 is 1. The summed E-state index contributed by atoms with van der Waals surface area (Å²) >= 11 is 0. The fourth-order valence-electron chi connectivity index (χ4n) is 4.36. The van der Waals surface area contributed by atoms with Crippen molar-refractivity contribution in [2.45, 2.75) is 32.6 Å². The van der Waals surface area contributed by atoms with E-state index in [9.17, 15) is 9.59 Å². The summed E-state index contributed by atoms with van der Waals surface area (Å²) in [6.07, 6.45) is 4.19. The Morgan fingerprint density at radius 3 is 2.60 bits per heavy atom. The maximum Gasteiger partial charge on any atom is 0.347 e. The lowest BCUT2D eigenvalue weighted by Gasteiger charge is -2.38. The lowest BCUT2D eigenvalue weighted by atomic mass is 9.93. The highest BCUT2D eigenvalue weighted by Gasteiger charge is 2.28. The quantitative estimate of drug-likeness (QED) is 0.569. The third-order valence-corrected chi connectivity index (χ3v) is 5.98. The Labute approximate surface area is 178 Å². The Kier molecular flexibility index (Phi) is 7.68. The zero-order valence-electron chi connectivity index (χ0n) is 18.0. The first-order valence-corrected chi connectivity index (χ1v) is 10.7. The van der Waals surface area contributed by atoms with Crippen LogP contribution < -0.4 is 15.8 Å². The van der Waals surface area contributed by atoms with Crippen LogP contribution in [0.5, 0.6) is 5.75 Å². The minimum Gasteiger partial charge on any atom is -0.497 e. The van der Waals surface area contributed by atoms with Gasteiger partial charge in [0, 0.05) is 44.7 Å². The molecule has 0 bridgehead atoms. The van der Waals surface area contributed by atoms with Crippen molar-refractivity contribution in [1.82, 2.24) is 9.80 Å². The second-order valence-electron chi connectivity index (χ2n) is 8.27. The molecule has 164 valence electrons. The summed E-state index contributed by atoms with van der Waals surface area (Å²) in [5.74, 6) is 1.85. The van der Waals surface area contributed by atoms with Gasteiger partial charge in [-0.3, -0.25) is 4.79 Å². The van der Waals surface area contributed by atoms with E-state index in [-0.39, 0.29) is 11.8 Å². The number of hydrogen-bond donors (Lipinski definition) is 2. The van der Waals surface area contributed by atoms with Gasteiger partial charge in [-0.15, -0.1) is 0 Å². The first-order chi connectivity index (χ1) is 14.4. The number of amides is 3. The van der Waals surface area contributed by atoms with Gasteiger partial charge >= 0.3 is 6.03 Å². The van der Waals surface area contributed by atoms with E-state index in [1.807, 2.05) is 4.90 Å². The van der Waals surface area contributed by atoms with E-state index in [1.165, 1.54) is 0 Å². The summed E-state index contributed by atoms with van der Waals surface area (Å²) in [6.45, 7) is 6.15. The summed E-state index contributed by atoms with van der Waals surface area (Å²) in [5.41, 5.74) is 6.84. The van der Waals surface area contributed by atoms with Gasteiger partial charge in [-0.1, -0.05) is 0 Å². The van der Waals surface area contributed by atoms with Crippen LogP contribution in [0.25, 0.3) is 0 Å². The molecular weight excluding hydrogens is 382 g/mol. The monoisotopic (exact) mass is 415 g/mol. The summed E-state index contributed by atoms with van der Waals surface area (Å²) < 4.78 is 5.12. The van der Waals surface area contributed by atoms with Crippen molar-refractivity contribution in [2.75, 3.05) is 45.2 Å². The molecule has 2 aliphatic rings. The highest BCUT2D eigenvalue weighted by Crippen LogP contribution is 2.22. The molecule has 2 fully saturated rings. The number of nitrogens with zero attached hydrogens (tertiary/aromatic N) is 3. The van der Waals surface area contributed by atoms with E-state index in [2.05, 4.69) is 15.2 Å². The number of anilines is 1. The standard InChI is InChI=1S/C22H33N5O3/c1-16(28)27-12-3-5-17(14-27)13-26-11-4-6-18(15-26)21(23)25-22(29)24-19-7-9-20(30-2)10-8-19/h7-10,17-18H,3-6,11-15H2,1-2H3,(H3,23,24,25,29). The van der Waals surface area contributed by atoms with Crippen LogP contribution in [0.3, 0.4) is 0 Å². The number of ether oxygens (including phenoxy) is 1. The molecule has 0 radical (unpaired) electrons. The number of benzene rings is 1. The molecule has 2 atom stereocenters. The number of nitrogens with two attached hydrogens (primary N) is 1. The number of urea groups is 1. The summed E-state index contributed by atoms with van der Waals surface area (Å²) in [7, 11) is 1.60. The average molecular weight is 416 g/mol. The Morgan fingerprint density at radius 2 is 1.90 bits per heavy atom. The highest BCUT2D eigenvalue weighted by molar-refractivity contribution is 6.00. The zero-order chi connectivity index (χ0) is 21.5. The molecule has 8 heteroatoms. The van der Waals surface area contributed by atoms with E-state index in [1.54, 1.807) is 38.3 Å². The number of aliphatic imine (C=N–C) groups is 1. The largest absolute Gasteiger partial charge is 0.497 e. The zero-order valence-corrected chi connectivity index (χ0v) is 18.0. The SMILES string of the molecule is COc1ccc(NC(=O)/N=C(\N)C2CCCN(CC3CCCN(C(C)=O)C3)C2)cc1. The third kappa shape index (κ3) is 6.19. The van der Waals surface area contributed by atoms with Crippen LogP contribution in [-0.4, -0.2) is 67.4 Å². The Balaban J connectivity index is 1.52. The van der Waals surface area contributed by atoms with Crippen LogP contribution in [0.1, 0.15) is 32.6 Å². The number of carbonyl (C=O) groups is 2. The van der Waals surface area contributed by atoms with Gasteiger partial charge in [-0.05, 0) is 62.4 Å². The average Bonchev–Trinajstić information content (AvgIpc) is 2.74. The van der Waals surface area contributed by atoms with Crippen LogP contribution >= 0.6 is 0 Å². The number of carbonyl (C=O) groups excluding carboxylic acids is 2. The van der Waals surface area contributed by atoms with Gasteiger partial charge in [0.15, 0.2) is 0 Å². The molecular formula is C22H33N5O3. The molecule has 0 aromatic heterocycles. The lowest BCUT2D eigenvalue weighted by molar-refractivity contribution is -0.130. The minimum atomic E-state index is -0.459. The van der Waals surface area contributed by atoms with Crippen LogP contribution in [0.4, 0.5) is 10.5 Å². The topological polar surface area (TPSA) is 100 Å². The Hall–Kier alpha value is -2.61. The van der Waals surface area contributed by atoms with Crippen molar-refractivity contribution in [3.8, 4) is 5.75 Å². The number of amidine groups is 1. The van der Waals surface area contributed by atoms with Gasteiger partial charge in [0.05, 0.1) is 7.11 Å². The van der Waals surface area contributed by atoms with Gasteiger partial charge in [0.25, 0.3) is 0 Å². The number of likely N-dealkylation sites (tertiary alicyclic amines) is 2. The van der Waals surface area contributed by atoms with E-state index in [0.717, 1.165) is 64.2 Å². The number of hydrogen-bond acceptors (Lipinski definition) is 4. The maximum atomic E-state index is 12.3. The fraction of sp³-hybridized carbons (Fsp3) is 0.591. The van der Waals surface area contributed by atoms with Crippen molar-refractivity contribution in [2.24, 2.45) is 22.6 Å². The van der Waals surface area contributed by atoms with Gasteiger partial charge in [-0.25, -0.2) is 4.79 Å². The highest BCUT2D eigenvalue weighted by atomic mass is 16.5. The van der Waals surface area contributed by atoms with Crippen molar-refractivity contribution in [3.05, 3.63) is 24.3 Å². The molecule has 3 rings (SSSR count). The summed E-state index contributed by atoms with van der Waals surface area (Å²) in [4.78, 5) is 32.4. The molecule has 1 aromatic carbocycles. The Bertz CT molecular complexity index is 765. The van der Waals surface area contributed by atoms with Crippen molar-refractivity contribution in [3.63, 3.8) is 0 Å². The molecule has 0 saturated carbocycles. The predicted octanol–water partition coefficient (Wildman–Crippen LogP) is 2.55. The fourth-order valence-corrected chi connectivity index (χ4v) is 4.36. The van der Waals surface area contributed by atoms with Crippen LogP contribution in [0.2, 0.25) is 0 Å². The molecule has 2 heterocycles. The van der Waals surface area contributed by atoms with E-state index in [0.29, 0.717) is 17.4 Å². The first kappa shape index (κ1) is 22.1.